The first-order valence-electron chi connectivity index (χ1n) is 4.43. The Morgan fingerprint density at radius 3 is 3.13 bits per heavy atom. The van der Waals surface area contributed by atoms with Gasteiger partial charge in [-0.3, -0.25) is 4.79 Å². The van der Waals surface area contributed by atoms with E-state index in [1.165, 1.54) is 0 Å². The number of benzene rings is 1. The fourth-order valence-electron chi connectivity index (χ4n) is 1.38. The monoisotopic (exact) mass is 228 g/mol. The average Bonchev–Trinajstić information content (AvgIpc) is 2.17. The predicted octanol–water partition coefficient (Wildman–Crippen LogP) is 2.05. The van der Waals surface area contributed by atoms with Crippen molar-refractivity contribution in [3.63, 3.8) is 0 Å². The minimum Gasteiger partial charge on any atom is -0.481 e. The molecule has 0 fully saturated rings. The molecular formula is C10H9ClO4. The Hall–Kier alpha value is -1.26. The van der Waals surface area contributed by atoms with Crippen molar-refractivity contribution in [1.82, 2.24) is 0 Å². The van der Waals surface area contributed by atoms with Crippen LogP contribution in [0.2, 0.25) is 5.02 Å². The number of halogens is 1. The fourth-order valence-corrected chi connectivity index (χ4v) is 1.57. The summed E-state index contributed by atoms with van der Waals surface area (Å²) in [6.45, 7) is 0.327. The molecule has 1 atom stereocenters. The van der Waals surface area contributed by atoms with Crippen molar-refractivity contribution in [3.05, 3.63) is 28.8 Å². The van der Waals surface area contributed by atoms with Crippen LogP contribution in [0.25, 0.3) is 0 Å². The molecule has 0 bridgehead atoms. The van der Waals surface area contributed by atoms with Gasteiger partial charge in [-0.25, -0.2) is 0 Å². The van der Waals surface area contributed by atoms with Crippen LogP contribution in [0.15, 0.2) is 18.2 Å². The highest BCUT2D eigenvalue weighted by molar-refractivity contribution is 6.30. The first-order valence-corrected chi connectivity index (χ1v) is 4.81. The second-order valence-corrected chi connectivity index (χ2v) is 3.64. The van der Waals surface area contributed by atoms with Crippen LogP contribution < -0.4 is 4.74 Å². The summed E-state index contributed by atoms with van der Waals surface area (Å²) in [5.41, 5.74) is 0.837. The van der Waals surface area contributed by atoms with E-state index in [0.717, 1.165) is 5.56 Å². The number of hydrogen-bond donors (Lipinski definition) is 1. The molecule has 1 aromatic rings. The Bertz CT molecular complexity index is 391. The van der Waals surface area contributed by atoms with Gasteiger partial charge in [0.2, 0.25) is 6.29 Å². The molecule has 15 heavy (non-hydrogen) atoms. The summed E-state index contributed by atoms with van der Waals surface area (Å²) >= 11 is 5.79. The second kappa shape index (κ2) is 4.08. The van der Waals surface area contributed by atoms with E-state index < -0.39 is 12.3 Å². The van der Waals surface area contributed by atoms with Gasteiger partial charge in [-0.05, 0) is 18.2 Å². The third kappa shape index (κ3) is 2.40. The van der Waals surface area contributed by atoms with E-state index in [-0.39, 0.29) is 6.42 Å². The van der Waals surface area contributed by atoms with Gasteiger partial charge in [0.1, 0.15) is 12.2 Å². The maximum Gasteiger partial charge on any atom is 0.309 e. The molecular weight excluding hydrogens is 220 g/mol. The first kappa shape index (κ1) is 10.3. The Labute approximate surface area is 91.4 Å². The molecule has 1 aliphatic rings. The van der Waals surface area contributed by atoms with Crippen LogP contribution in [0, 0.1) is 0 Å². The van der Waals surface area contributed by atoms with Gasteiger partial charge in [0.25, 0.3) is 0 Å². The SMILES string of the molecule is O=C(O)CC1OCc2cc(Cl)ccc2O1. The topological polar surface area (TPSA) is 55.8 Å². The number of carbonyl (C=O) groups is 1. The Balaban J connectivity index is 2.13. The molecule has 0 saturated heterocycles. The summed E-state index contributed by atoms with van der Waals surface area (Å²) < 4.78 is 10.5. The van der Waals surface area contributed by atoms with E-state index in [1.54, 1.807) is 18.2 Å². The largest absolute Gasteiger partial charge is 0.481 e. The summed E-state index contributed by atoms with van der Waals surface area (Å²) in [4.78, 5) is 10.5. The van der Waals surface area contributed by atoms with E-state index in [4.69, 9.17) is 26.2 Å². The lowest BCUT2D eigenvalue weighted by Crippen LogP contribution is -2.27. The van der Waals surface area contributed by atoms with E-state index in [9.17, 15) is 4.79 Å². The first-order chi connectivity index (χ1) is 7.15. The van der Waals surface area contributed by atoms with Crippen LogP contribution in [0.3, 0.4) is 0 Å². The Morgan fingerprint density at radius 2 is 2.40 bits per heavy atom. The maximum atomic E-state index is 10.5. The minimum absolute atomic E-state index is 0.165. The number of rotatable bonds is 2. The fraction of sp³-hybridized carbons (Fsp3) is 0.300. The van der Waals surface area contributed by atoms with Crippen LogP contribution in [0.4, 0.5) is 0 Å². The smallest absolute Gasteiger partial charge is 0.309 e. The van der Waals surface area contributed by atoms with E-state index in [0.29, 0.717) is 17.4 Å². The second-order valence-electron chi connectivity index (χ2n) is 3.21. The van der Waals surface area contributed by atoms with Gasteiger partial charge in [-0.2, -0.15) is 0 Å². The van der Waals surface area contributed by atoms with Crippen molar-refractivity contribution < 1.29 is 19.4 Å². The Kier molecular flexibility index (Phi) is 2.79. The highest BCUT2D eigenvalue weighted by Crippen LogP contribution is 2.29. The van der Waals surface area contributed by atoms with Gasteiger partial charge in [-0.1, -0.05) is 11.6 Å². The van der Waals surface area contributed by atoms with E-state index in [1.807, 2.05) is 0 Å². The quantitative estimate of drug-likeness (QED) is 0.842. The number of fused-ring (bicyclic) bond motifs is 1. The predicted molar refractivity (Wildman–Crippen MR) is 52.9 cm³/mol. The average molecular weight is 229 g/mol. The van der Waals surface area contributed by atoms with Crippen molar-refractivity contribution in [2.45, 2.75) is 19.3 Å². The zero-order chi connectivity index (χ0) is 10.8. The number of carboxylic acid groups (broad SMARTS) is 1. The van der Waals surface area contributed by atoms with Crippen LogP contribution in [-0.4, -0.2) is 17.4 Å². The molecule has 0 radical (unpaired) electrons. The number of hydrogen-bond acceptors (Lipinski definition) is 3. The maximum absolute atomic E-state index is 10.5. The van der Waals surface area contributed by atoms with Crippen molar-refractivity contribution in [1.29, 1.82) is 0 Å². The molecule has 5 heteroatoms. The molecule has 80 valence electrons. The number of ether oxygens (including phenoxy) is 2. The van der Waals surface area contributed by atoms with Crippen LogP contribution in [-0.2, 0) is 16.1 Å². The molecule has 4 nitrogen and oxygen atoms in total. The Morgan fingerprint density at radius 1 is 1.60 bits per heavy atom. The zero-order valence-corrected chi connectivity index (χ0v) is 8.53. The third-order valence-corrected chi connectivity index (χ3v) is 2.28. The number of aliphatic carboxylic acids is 1. The van der Waals surface area contributed by atoms with Gasteiger partial charge in [0, 0.05) is 10.6 Å². The minimum atomic E-state index is -0.947. The van der Waals surface area contributed by atoms with Gasteiger partial charge in [-0.15, -0.1) is 0 Å². The molecule has 0 amide bonds. The van der Waals surface area contributed by atoms with Gasteiger partial charge in [0.15, 0.2) is 0 Å². The molecule has 1 aliphatic heterocycles. The third-order valence-electron chi connectivity index (χ3n) is 2.05. The highest BCUT2D eigenvalue weighted by Gasteiger charge is 2.22. The summed E-state index contributed by atoms with van der Waals surface area (Å²) in [7, 11) is 0. The van der Waals surface area contributed by atoms with Gasteiger partial charge in [0.05, 0.1) is 6.61 Å². The van der Waals surface area contributed by atoms with E-state index >= 15 is 0 Å². The van der Waals surface area contributed by atoms with Crippen LogP contribution >= 0.6 is 11.6 Å². The molecule has 1 N–H and O–H groups in total. The van der Waals surface area contributed by atoms with Crippen LogP contribution in [0.5, 0.6) is 5.75 Å². The van der Waals surface area contributed by atoms with Gasteiger partial charge >= 0.3 is 5.97 Å². The van der Waals surface area contributed by atoms with Crippen molar-refractivity contribution in [2.24, 2.45) is 0 Å². The molecule has 0 spiro atoms. The van der Waals surface area contributed by atoms with E-state index in [2.05, 4.69) is 0 Å². The summed E-state index contributed by atoms with van der Waals surface area (Å²) in [6, 6.07) is 5.16. The summed E-state index contributed by atoms with van der Waals surface area (Å²) in [5, 5.41) is 9.19. The molecule has 1 heterocycles. The zero-order valence-electron chi connectivity index (χ0n) is 7.77. The lowest BCUT2D eigenvalue weighted by molar-refractivity contribution is -0.154. The molecule has 1 unspecified atom stereocenters. The molecule has 0 aromatic heterocycles. The number of carboxylic acids is 1. The van der Waals surface area contributed by atoms with Crippen molar-refractivity contribution in [3.8, 4) is 5.75 Å². The highest BCUT2D eigenvalue weighted by atomic mass is 35.5. The van der Waals surface area contributed by atoms with Crippen LogP contribution in [0.1, 0.15) is 12.0 Å². The standard InChI is InChI=1S/C10H9ClO4/c11-7-1-2-8-6(3-7)5-14-10(15-8)4-9(12)13/h1-3,10H,4-5H2,(H,12,13). The van der Waals surface area contributed by atoms with Crippen molar-refractivity contribution in [2.75, 3.05) is 0 Å². The lowest BCUT2D eigenvalue weighted by Gasteiger charge is -2.25. The summed E-state index contributed by atoms with van der Waals surface area (Å²) in [6.07, 6.45) is -0.876. The van der Waals surface area contributed by atoms with Gasteiger partial charge < -0.3 is 14.6 Å². The molecule has 0 saturated carbocycles. The normalized spacial score (nSPS) is 19.1. The summed E-state index contributed by atoms with van der Waals surface area (Å²) in [5.74, 6) is -0.311. The molecule has 2 rings (SSSR count). The molecule has 0 aliphatic carbocycles. The molecule has 1 aromatic carbocycles. The van der Waals surface area contributed by atoms with Crippen molar-refractivity contribution >= 4 is 17.6 Å². The lowest BCUT2D eigenvalue weighted by atomic mass is 10.2.